The summed E-state index contributed by atoms with van der Waals surface area (Å²) in [6.45, 7) is 6.59. The number of fused-ring (bicyclic) bond motifs is 4. The van der Waals surface area contributed by atoms with Gasteiger partial charge in [0.25, 0.3) is 5.91 Å². The normalized spacial score (nSPS) is 17.8. The fourth-order valence-electron chi connectivity index (χ4n) is 9.20. The van der Waals surface area contributed by atoms with Gasteiger partial charge in [0.05, 0.1) is 21.2 Å². The van der Waals surface area contributed by atoms with E-state index >= 15 is 0 Å². The number of ether oxygens (including phenoxy) is 2. The number of unbranched alkanes of at least 4 members (excludes halogenated alkanes) is 1. The van der Waals surface area contributed by atoms with Crippen molar-refractivity contribution in [3.63, 3.8) is 0 Å². The van der Waals surface area contributed by atoms with Crippen LogP contribution in [0.4, 0.5) is 40.1 Å². The Morgan fingerprint density at radius 1 is 0.929 bits per heavy atom. The maximum absolute atomic E-state index is 14.6. The first-order valence-corrected chi connectivity index (χ1v) is 25.7. The van der Waals surface area contributed by atoms with E-state index in [1.807, 2.05) is 53.4 Å². The summed E-state index contributed by atoms with van der Waals surface area (Å²) >= 11 is 0.634. The number of hydrogen-bond donors (Lipinski definition) is 2. The number of rotatable bonds is 13. The van der Waals surface area contributed by atoms with E-state index in [-0.39, 0.29) is 71.8 Å². The molecule has 1 saturated carbocycles. The molecule has 0 radical (unpaired) electrons. The first-order chi connectivity index (χ1) is 33.4. The van der Waals surface area contributed by atoms with Gasteiger partial charge in [-0.15, -0.1) is 11.3 Å². The van der Waals surface area contributed by atoms with Gasteiger partial charge in [0, 0.05) is 62.8 Å². The van der Waals surface area contributed by atoms with E-state index in [4.69, 9.17) is 9.47 Å². The number of thiophene rings is 1. The molecular weight excluding hydrogens is 948 g/mol. The summed E-state index contributed by atoms with van der Waals surface area (Å²) in [5.41, 5.74) is 4.11. The standard InChI is InChI=1S/C50H52F3N7O8S2/c1-49(2,3)68-48(64)60-21-20-59(27-32(60)28-61)31-16-17-40(37(24-31)30-14-15-30)56-46-55-26-39(50(51,52)53)43(57-46)41-25-42-44(69-41)45(62)58(22-23-70(42,65)66)19-9-8-18-54-47(63)67-29-38-35-12-6-4-10-33(35)34-11-5-7-13-36(34)38/h4-7,10-13,16-17,24-26,28,30,32,38H,8-9,14-15,18-23,27,29H2,1-3H3,(H,54,63)(H,55,56,57). The van der Waals surface area contributed by atoms with Crippen molar-refractivity contribution in [3.8, 4) is 21.7 Å². The molecule has 2 aliphatic carbocycles. The van der Waals surface area contributed by atoms with Crippen molar-refractivity contribution < 1.29 is 50.2 Å². The Morgan fingerprint density at radius 2 is 1.64 bits per heavy atom. The molecule has 3 aromatic carbocycles. The third-order valence-corrected chi connectivity index (χ3v) is 15.8. The van der Waals surface area contributed by atoms with Crippen molar-refractivity contribution in [3.05, 3.63) is 106 Å². The van der Waals surface area contributed by atoms with E-state index in [1.54, 1.807) is 26.8 Å². The minimum absolute atomic E-state index is 0.0990. The van der Waals surface area contributed by atoms with Crippen LogP contribution in [-0.2, 0) is 30.3 Å². The van der Waals surface area contributed by atoms with Gasteiger partial charge >= 0.3 is 18.4 Å². The summed E-state index contributed by atoms with van der Waals surface area (Å²) in [7, 11) is -4.09. The summed E-state index contributed by atoms with van der Waals surface area (Å²) in [5, 5.41) is 5.84. The number of nitrogens with zero attached hydrogens (tertiary/aromatic N) is 5. The smallest absolute Gasteiger partial charge is 0.420 e. The number of benzene rings is 3. The first-order valence-electron chi connectivity index (χ1n) is 23.2. The predicted molar refractivity (Wildman–Crippen MR) is 257 cm³/mol. The molecule has 15 nitrogen and oxygen atoms in total. The van der Waals surface area contributed by atoms with E-state index in [0.717, 1.165) is 58.7 Å². The summed E-state index contributed by atoms with van der Waals surface area (Å²) < 4.78 is 82.2. The number of alkyl halides is 3. The molecule has 2 aliphatic heterocycles. The lowest BCUT2D eigenvalue weighted by Gasteiger charge is -2.40. The molecule has 4 heterocycles. The highest BCUT2D eigenvalue weighted by Gasteiger charge is 2.40. The number of anilines is 3. The lowest BCUT2D eigenvalue weighted by molar-refractivity contribution is -0.137. The van der Waals surface area contributed by atoms with Crippen molar-refractivity contribution in [1.29, 1.82) is 0 Å². The van der Waals surface area contributed by atoms with E-state index in [2.05, 4.69) is 32.7 Å². The van der Waals surface area contributed by atoms with Crippen molar-refractivity contribution in [2.75, 3.05) is 61.8 Å². The minimum atomic E-state index is -4.92. The number of alkyl carbamates (subject to hydrolysis) is 1. The van der Waals surface area contributed by atoms with Crippen LogP contribution in [0.2, 0.25) is 0 Å². The SMILES string of the molecule is CC(C)(C)OC(=O)N1CCN(c2ccc(Nc3ncc(C(F)(F)F)c(-c4cc5c(s4)C(=O)N(CCCCNC(=O)OCC4c6ccccc6-c6ccccc64)CCS5(=O)=O)n3)c(C3CC3)c2)CC1C=O. The number of carbonyl (C=O) groups excluding carboxylic acids is 4. The van der Waals surface area contributed by atoms with Crippen molar-refractivity contribution in [2.45, 2.75) is 81.0 Å². The molecular formula is C50H52F3N7O8S2. The Balaban J connectivity index is 0.859. The number of hydrogen-bond acceptors (Lipinski definition) is 13. The third kappa shape index (κ3) is 10.3. The second-order valence-corrected chi connectivity index (χ2v) is 22.0. The molecule has 4 aliphatic rings. The molecule has 5 aromatic rings. The molecule has 2 aromatic heterocycles. The van der Waals surface area contributed by atoms with Gasteiger partial charge in [-0.3, -0.25) is 9.69 Å². The lowest BCUT2D eigenvalue weighted by Crippen LogP contribution is -2.57. The highest BCUT2D eigenvalue weighted by molar-refractivity contribution is 7.91. The van der Waals surface area contributed by atoms with Crippen molar-refractivity contribution in [1.82, 2.24) is 25.1 Å². The molecule has 9 rings (SSSR count). The van der Waals surface area contributed by atoms with Gasteiger partial charge < -0.3 is 34.7 Å². The van der Waals surface area contributed by atoms with Crippen LogP contribution in [0.3, 0.4) is 0 Å². The number of aldehydes is 1. The van der Waals surface area contributed by atoms with Crippen molar-refractivity contribution in [2.24, 2.45) is 0 Å². The van der Waals surface area contributed by atoms with Crippen LogP contribution in [-0.4, -0.2) is 116 Å². The van der Waals surface area contributed by atoms with Gasteiger partial charge in [0.2, 0.25) is 5.95 Å². The third-order valence-electron chi connectivity index (χ3n) is 12.8. The number of aromatic nitrogens is 2. The highest BCUT2D eigenvalue weighted by Crippen LogP contribution is 2.47. The number of sulfone groups is 1. The van der Waals surface area contributed by atoms with Crippen molar-refractivity contribution >= 4 is 62.9 Å². The quantitative estimate of drug-likeness (QED) is 0.0846. The molecule has 368 valence electrons. The molecule has 70 heavy (non-hydrogen) atoms. The summed E-state index contributed by atoms with van der Waals surface area (Å²) in [6, 6.07) is 21.9. The fourth-order valence-corrected chi connectivity index (χ4v) is 12.1. The van der Waals surface area contributed by atoms with Gasteiger partial charge in [0.1, 0.15) is 35.0 Å². The molecule has 0 spiro atoms. The first kappa shape index (κ1) is 48.5. The number of amides is 3. The highest BCUT2D eigenvalue weighted by atomic mass is 32.2. The monoisotopic (exact) mass is 999 g/mol. The van der Waals surface area contributed by atoms with Gasteiger partial charge in [-0.25, -0.2) is 28.0 Å². The average molecular weight is 1000 g/mol. The van der Waals surface area contributed by atoms with E-state index in [1.165, 1.54) is 9.80 Å². The van der Waals surface area contributed by atoms with Gasteiger partial charge in [0.15, 0.2) is 9.84 Å². The molecule has 2 N–H and O–H groups in total. The summed E-state index contributed by atoms with van der Waals surface area (Å²) in [6.07, 6.45) is -2.13. The zero-order valence-corrected chi connectivity index (χ0v) is 40.4. The minimum Gasteiger partial charge on any atom is -0.449 e. The number of carbonyl (C=O) groups is 4. The Hall–Kier alpha value is -6.54. The molecule has 1 unspecified atom stereocenters. The van der Waals surface area contributed by atoms with Crippen LogP contribution in [0, 0.1) is 0 Å². The zero-order chi connectivity index (χ0) is 49.5. The van der Waals surface area contributed by atoms with E-state index in [9.17, 15) is 40.8 Å². The second-order valence-electron chi connectivity index (χ2n) is 18.8. The van der Waals surface area contributed by atoms with E-state index in [0.29, 0.717) is 42.6 Å². The van der Waals surface area contributed by atoms with Crippen LogP contribution in [0.15, 0.2) is 83.9 Å². The number of piperazine rings is 1. The molecule has 20 heteroatoms. The Labute approximate surface area is 407 Å². The van der Waals surface area contributed by atoms with Crippen LogP contribution >= 0.6 is 11.3 Å². The Morgan fingerprint density at radius 3 is 2.31 bits per heavy atom. The number of halogens is 3. The van der Waals surface area contributed by atoms with Crippen LogP contribution in [0.1, 0.15) is 90.2 Å². The van der Waals surface area contributed by atoms with E-state index < -0.39 is 62.8 Å². The topological polar surface area (TPSA) is 180 Å². The van der Waals surface area contributed by atoms with Gasteiger partial charge in [-0.05, 0) is 104 Å². The molecule has 0 bridgehead atoms. The maximum atomic E-state index is 14.6. The molecule has 1 atom stereocenters. The van der Waals surface area contributed by atoms with Gasteiger partial charge in [-0.1, -0.05) is 48.5 Å². The van der Waals surface area contributed by atoms with Crippen LogP contribution in [0.5, 0.6) is 0 Å². The summed E-state index contributed by atoms with van der Waals surface area (Å²) in [4.78, 5) is 64.1. The van der Waals surface area contributed by atoms with Crippen LogP contribution in [0.25, 0.3) is 21.7 Å². The zero-order valence-electron chi connectivity index (χ0n) is 38.8. The molecule has 3 amide bonds. The molecule has 2 fully saturated rings. The average Bonchev–Trinajstić information content (AvgIpc) is 4.00. The second kappa shape index (κ2) is 19.3. The maximum Gasteiger partial charge on any atom is 0.420 e. The van der Waals surface area contributed by atoms with Crippen LogP contribution < -0.4 is 15.5 Å². The lowest BCUT2D eigenvalue weighted by atomic mass is 9.98. The fraction of sp³-hybridized carbons (Fsp3) is 0.400. The van der Waals surface area contributed by atoms with Gasteiger partial charge in [-0.2, -0.15) is 13.2 Å². The largest absolute Gasteiger partial charge is 0.449 e. The molecule has 1 saturated heterocycles. The Bertz CT molecular complexity index is 2910. The predicted octanol–water partition coefficient (Wildman–Crippen LogP) is 9.02. The summed E-state index contributed by atoms with van der Waals surface area (Å²) in [5.74, 6) is -1.19. The number of nitrogens with one attached hydrogen (secondary N) is 2. The Kier molecular flexibility index (Phi) is 13.4.